The highest BCUT2D eigenvalue weighted by Gasteiger charge is 2.40. The number of oxime groups is 1. The molecule has 1 amide bonds. The zero-order valence-electron chi connectivity index (χ0n) is 17.5. The van der Waals surface area contributed by atoms with Crippen molar-refractivity contribution in [3.63, 3.8) is 0 Å². The van der Waals surface area contributed by atoms with Crippen LogP contribution in [0.1, 0.15) is 67.8 Å². The van der Waals surface area contributed by atoms with Crippen molar-refractivity contribution in [2.24, 2.45) is 22.2 Å². The first-order valence-electron chi connectivity index (χ1n) is 10.5. The van der Waals surface area contributed by atoms with Crippen molar-refractivity contribution in [1.29, 1.82) is 0 Å². The summed E-state index contributed by atoms with van der Waals surface area (Å²) in [6, 6.07) is 6.85. The molecule has 7 nitrogen and oxygen atoms in total. The minimum absolute atomic E-state index is 0. The minimum atomic E-state index is -0.0933. The lowest BCUT2D eigenvalue weighted by molar-refractivity contribution is -0.144. The molecule has 1 aliphatic carbocycles. The summed E-state index contributed by atoms with van der Waals surface area (Å²) >= 11 is 0. The second-order valence-electron chi connectivity index (χ2n) is 8.35. The molecule has 0 radical (unpaired) electrons. The molecule has 0 atom stereocenters. The van der Waals surface area contributed by atoms with Crippen LogP contribution in [-0.4, -0.2) is 47.5 Å². The Labute approximate surface area is 184 Å². The number of carbonyl (C=O) groups is 2. The predicted octanol–water partition coefficient (Wildman–Crippen LogP) is 3.57. The molecule has 2 aliphatic rings. The number of amidine groups is 1. The van der Waals surface area contributed by atoms with Crippen LogP contribution in [0.2, 0.25) is 0 Å². The number of benzene rings is 1. The first-order valence-corrected chi connectivity index (χ1v) is 10.5. The summed E-state index contributed by atoms with van der Waals surface area (Å²) in [5.74, 6) is 0.366. The average molecular weight is 438 g/mol. The number of nitrogens with zero attached hydrogens (tertiary/aromatic N) is 2. The maximum atomic E-state index is 13.0. The van der Waals surface area contributed by atoms with Gasteiger partial charge in [0.05, 0.1) is 6.61 Å². The van der Waals surface area contributed by atoms with Gasteiger partial charge >= 0.3 is 5.97 Å². The number of nitrogens with two attached hydrogens (primary N) is 1. The van der Waals surface area contributed by atoms with Gasteiger partial charge in [-0.3, -0.25) is 9.59 Å². The number of piperidine rings is 1. The van der Waals surface area contributed by atoms with E-state index in [1.54, 1.807) is 24.3 Å². The van der Waals surface area contributed by atoms with E-state index in [1.807, 2.05) is 11.8 Å². The van der Waals surface area contributed by atoms with Gasteiger partial charge in [-0.1, -0.05) is 17.3 Å². The number of carbonyl (C=O) groups excluding carboxylic acids is 2. The van der Waals surface area contributed by atoms with Crippen molar-refractivity contribution in [2.75, 3.05) is 19.7 Å². The van der Waals surface area contributed by atoms with Gasteiger partial charge in [0, 0.05) is 30.6 Å². The first kappa shape index (κ1) is 24.0. The topological polar surface area (TPSA) is 105 Å². The molecule has 0 bridgehead atoms. The Bertz CT molecular complexity index is 758. The third kappa shape index (κ3) is 5.65. The average Bonchev–Trinajstić information content (AvgIpc) is 2.75. The Balaban J connectivity index is 0.00000320. The highest BCUT2D eigenvalue weighted by Crippen LogP contribution is 2.46. The lowest BCUT2D eigenvalue weighted by Gasteiger charge is -2.46. The van der Waals surface area contributed by atoms with Crippen LogP contribution in [0.5, 0.6) is 0 Å². The van der Waals surface area contributed by atoms with Gasteiger partial charge in [0.2, 0.25) is 0 Å². The van der Waals surface area contributed by atoms with E-state index < -0.39 is 0 Å². The molecule has 8 heteroatoms. The SMILES string of the molecule is CCOC(=O)CC1CCC2(CCCN(C(=O)c3ccc(/C(N)=N\O)cc3)C2)CC1.Cl. The van der Waals surface area contributed by atoms with Crippen molar-refractivity contribution in [2.45, 2.75) is 51.9 Å². The number of amides is 1. The summed E-state index contributed by atoms with van der Waals surface area (Å²) in [6.45, 7) is 3.83. The maximum absolute atomic E-state index is 13.0. The first-order chi connectivity index (χ1) is 14.0. The van der Waals surface area contributed by atoms with Gasteiger partial charge in [-0.15, -0.1) is 12.4 Å². The summed E-state index contributed by atoms with van der Waals surface area (Å²) in [5, 5.41) is 11.8. The number of rotatable bonds is 5. The van der Waals surface area contributed by atoms with Gasteiger partial charge in [0.15, 0.2) is 5.84 Å². The summed E-state index contributed by atoms with van der Waals surface area (Å²) in [6.07, 6.45) is 6.83. The summed E-state index contributed by atoms with van der Waals surface area (Å²) < 4.78 is 5.09. The molecular weight excluding hydrogens is 406 g/mol. The summed E-state index contributed by atoms with van der Waals surface area (Å²) in [7, 11) is 0. The fraction of sp³-hybridized carbons (Fsp3) is 0.591. The normalized spacial score (nSPS) is 24.2. The van der Waals surface area contributed by atoms with Gasteiger partial charge in [-0.2, -0.15) is 0 Å². The van der Waals surface area contributed by atoms with Gasteiger partial charge in [-0.05, 0) is 68.9 Å². The van der Waals surface area contributed by atoms with Gasteiger partial charge < -0.3 is 20.6 Å². The molecule has 1 aromatic carbocycles. The molecule has 166 valence electrons. The third-order valence-corrected chi connectivity index (χ3v) is 6.41. The monoisotopic (exact) mass is 437 g/mol. The zero-order valence-corrected chi connectivity index (χ0v) is 18.3. The Morgan fingerprint density at radius 2 is 1.83 bits per heavy atom. The van der Waals surface area contributed by atoms with Crippen LogP contribution < -0.4 is 5.73 Å². The Kier molecular flexibility index (Phi) is 8.53. The van der Waals surface area contributed by atoms with Crippen molar-refractivity contribution in [1.82, 2.24) is 4.90 Å². The molecule has 1 aliphatic heterocycles. The van der Waals surface area contributed by atoms with Crippen LogP contribution in [0.25, 0.3) is 0 Å². The predicted molar refractivity (Wildman–Crippen MR) is 117 cm³/mol. The molecule has 2 fully saturated rings. The minimum Gasteiger partial charge on any atom is -0.466 e. The molecule has 30 heavy (non-hydrogen) atoms. The lowest BCUT2D eigenvalue weighted by atomic mass is 9.66. The van der Waals surface area contributed by atoms with Crippen LogP contribution in [0.15, 0.2) is 29.4 Å². The number of halogens is 1. The molecule has 1 saturated heterocycles. The van der Waals surface area contributed by atoms with E-state index in [-0.39, 0.29) is 35.5 Å². The highest BCUT2D eigenvalue weighted by atomic mass is 35.5. The lowest BCUT2D eigenvalue weighted by Crippen LogP contribution is -2.47. The van der Waals surface area contributed by atoms with Crippen molar-refractivity contribution < 1.29 is 19.5 Å². The highest BCUT2D eigenvalue weighted by molar-refractivity contribution is 5.99. The molecule has 1 saturated carbocycles. The molecule has 3 rings (SSSR count). The van der Waals surface area contributed by atoms with E-state index >= 15 is 0 Å². The molecule has 1 spiro atoms. The molecule has 0 unspecified atom stereocenters. The Morgan fingerprint density at radius 1 is 1.20 bits per heavy atom. The third-order valence-electron chi connectivity index (χ3n) is 6.41. The number of hydrogen-bond donors (Lipinski definition) is 2. The van der Waals surface area contributed by atoms with Crippen molar-refractivity contribution >= 4 is 30.1 Å². The smallest absolute Gasteiger partial charge is 0.306 e. The van der Waals surface area contributed by atoms with Crippen LogP contribution in [0.4, 0.5) is 0 Å². The molecular formula is C22H32ClN3O4. The second kappa shape index (κ2) is 10.7. The van der Waals surface area contributed by atoms with Crippen LogP contribution in [0.3, 0.4) is 0 Å². The fourth-order valence-electron chi connectivity index (χ4n) is 4.76. The van der Waals surface area contributed by atoms with E-state index in [1.165, 1.54) is 0 Å². The molecule has 0 aromatic heterocycles. The van der Waals surface area contributed by atoms with Gasteiger partial charge in [0.1, 0.15) is 0 Å². The van der Waals surface area contributed by atoms with Crippen molar-refractivity contribution in [3.8, 4) is 0 Å². The number of hydrogen-bond acceptors (Lipinski definition) is 5. The Hall–Kier alpha value is -2.28. The van der Waals surface area contributed by atoms with Crippen molar-refractivity contribution in [3.05, 3.63) is 35.4 Å². The standard InChI is InChI=1S/C22H31N3O4.ClH/c1-2-29-19(26)14-16-8-11-22(12-9-16)10-3-13-25(15-22)21(27)18-6-4-17(5-7-18)20(23)24-28;/h4-7,16,28H,2-3,8-15H2,1H3,(H2,23,24);1H. The quantitative estimate of drug-likeness (QED) is 0.241. The van der Waals surface area contributed by atoms with E-state index in [4.69, 9.17) is 15.7 Å². The van der Waals surface area contributed by atoms with Crippen LogP contribution in [-0.2, 0) is 9.53 Å². The van der Waals surface area contributed by atoms with Gasteiger partial charge in [-0.25, -0.2) is 0 Å². The largest absolute Gasteiger partial charge is 0.466 e. The number of esters is 1. The van der Waals surface area contributed by atoms with Crippen LogP contribution in [0, 0.1) is 11.3 Å². The van der Waals surface area contributed by atoms with E-state index in [0.29, 0.717) is 30.1 Å². The molecule has 1 aromatic rings. The molecule has 3 N–H and O–H groups in total. The second-order valence-corrected chi connectivity index (χ2v) is 8.35. The summed E-state index contributed by atoms with van der Waals surface area (Å²) in [5.41, 5.74) is 6.96. The maximum Gasteiger partial charge on any atom is 0.306 e. The van der Waals surface area contributed by atoms with E-state index in [9.17, 15) is 9.59 Å². The van der Waals surface area contributed by atoms with Gasteiger partial charge in [0.25, 0.3) is 5.91 Å². The zero-order chi connectivity index (χ0) is 20.9. The van der Waals surface area contributed by atoms with E-state index in [2.05, 4.69) is 5.16 Å². The fourth-order valence-corrected chi connectivity index (χ4v) is 4.76. The Morgan fingerprint density at radius 3 is 2.43 bits per heavy atom. The van der Waals surface area contributed by atoms with E-state index in [0.717, 1.165) is 51.6 Å². The number of ether oxygens (including phenoxy) is 1. The number of likely N-dealkylation sites (tertiary alicyclic amines) is 1. The molecule has 1 heterocycles. The van der Waals surface area contributed by atoms with Crippen LogP contribution >= 0.6 is 12.4 Å². The summed E-state index contributed by atoms with van der Waals surface area (Å²) in [4.78, 5) is 26.7.